The van der Waals surface area contributed by atoms with Crippen molar-refractivity contribution in [3.8, 4) is 5.75 Å². The van der Waals surface area contributed by atoms with E-state index < -0.39 is 11.9 Å². The predicted molar refractivity (Wildman–Crippen MR) is 69.8 cm³/mol. The minimum absolute atomic E-state index is 0.0766. The lowest BCUT2D eigenvalue weighted by Crippen LogP contribution is -2.00. The van der Waals surface area contributed by atoms with Crippen LogP contribution in [0.1, 0.15) is 50.1 Å². The third-order valence-corrected chi connectivity index (χ3v) is 2.78. The SMILES string of the molecule is CC(C)c1noc(COc2ccc([C@H](C)O)c(F)c2)n1. The number of halogens is 1. The number of rotatable bonds is 5. The third kappa shape index (κ3) is 3.33. The van der Waals surface area contributed by atoms with E-state index in [-0.39, 0.29) is 18.1 Å². The van der Waals surface area contributed by atoms with Crippen molar-refractivity contribution >= 4 is 0 Å². The lowest BCUT2D eigenvalue weighted by molar-refractivity contribution is 0.193. The van der Waals surface area contributed by atoms with Crippen LogP contribution in [-0.2, 0) is 6.61 Å². The first-order valence-electron chi connectivity index (χ1n) is 6.40. The van der Waals surface area contributed by atoms with Gasteiger partial charge in [-0.05, 0) is 19.1 Å². The number of ether oxygens (including phenoxy) is 1. The molecule has 108 valence electrons. The maximum atomic E-state index is 13.6. The van der Waals surface area contributed by atoms with Crippen molar-refractivity contribution in [2.45, 2.75) is 39.4 Å². The molecule has 0 amide bonds. The smallest absolute Gasteiger partial charge is 0.264 e. The number of benzene rings is 1. The van der Waals surface area contributed by atoms with Crippen molar-refractivity contribution in [2.24, 2.45) is 0 Å². The highest BCUT2D eigenvalue weighted by atomic mass is 19.1. The quantitative estimate of drug-likeness (QED) is 0.912. The summed E-state index contributed by atoms with van der Waals surface area (Å²) in [6, 6.07) is 4.30. The fourth-order valence-corrected chi connectivity index (χ4v) is 1.64. The van der Waals surface area contributed by atoms with E-state index in [0.717, 1.165) is 0 Å². The summed E-state index contributed by atoms with van der Waals surface area (Å²) in [5.74, 6) is 0.963. The topological polar surface area (TPSA) is 68.4 Å². The summed E-state index contributed by atoms with van der Waals surface area (Å²) in [5.41, 5.74) is 0.234. The Morgan fingerprint density at radius 2 is 2.10 bits per heavy atom. The Balaban J connectivity index is 2.01. The highest BCUT2D eigenvalue weighted by molar-refractivity contribution is 5.30. The summed E-state index contributed by atoms with van der Waals surface area (Å²) in [6.07, 6.45) is -0.853. The van der Waals surface area contributed by atoms with Gasteiger partial charge in [0, 0.05) is 17.5 Å². The Kier molecular flexibility index (Phi) is 4.34. The van der Waals surface area contributed by atoms with Crippen LogP contribution in [0.2, 0.25) is 0 Å². The second kappa shape index (κ2) is 6.00. The molecule has 0 fully saturated rings. The molecule has 0 bridgehead atoms. The Morgan fingerprint density at radius 3 is 2.65 bits per heavy atom. The lowest BCUT2D eigenvalue weighted by atomic mass is 10.1. The molecule has 1 aromatic heterocycles. The Morgan fingerprint density at radius 1 is 1.35 bits per heavy atom. The van der Waals surface area contributed by atoms with Gasteiger partial charge in [0.15, 0.2) is 12.4 Å². The molecule has 0 aliphatic rings. The Hall–Kier alpha value is -1.95. The van der Waals surface area contributed by atoms with Gasteiger partial charge in [0.1, 0.15) is 11.6 Å². The van der Waals surface area contributed by atoms with E-state index in [1.54, 1.807) is 6.07 Å². The summed E-state index contributed by atoms with van der Waals surface area (Å²) in [6.45, 7) is 5.50. The molecule has 0 saturated heterocycles. The van der Waals surface area contributed by atoms with Crippen LogP contribution in [-0.4, -0.2) is 15.2 Å². The van der Waals surface area contributed by atoms with Crippen LogP contribution in [0.3, 0.4) is 0 Å². The van der Waals surface area contributed by atoms with E-state index in [1.807, 2.05) is 13.8 Å². The van der Waals surface area contributed by atoms with Crippen LogP contribution in [0.25, 0.3) is 0 Å². The summed E-state index contributed by atoms with van der Waals surface area (Å²) in [7, 11) is 0. The number of aliphatic hydroxyl groups is 1. The van der Waals surface area contributed by atoms with Crippen LogP contribution < -0.4 is 4.74 Å². The molecule has 0 radical (unpaired) electrons. The van der Waals surface area contributed by atoms with E-state index in [0.29, 0.717) is 17.5 Å². The number of nitrogens with zero attached hydrogens (tertiary/aromatic N) is 2. The van der Waals surface area contributed by atoms with Gasteiger partial charge in [0.25, 0.3) is 5.89 Å². The molecule has 1 heterocycles. The fourth-order valence-electron chi connectivity index (χ4n) is 1.64. The van der Waals surface area contributed by atoms with Crippen molar-refractivity contribution in [1.82, 2.24) is 10.1 Å². The maximum absolute atomic E-state index is 13.6. The van der Waals surface area contributed by atoms with Crippen molar-refractivity contribution < 1.29 is 18.8 Å². The highest BCUT2D eigenvalue weighted by Gasteiger charge is 2.12. The maximum Gasteiger partial charge on any atom is 0.264 e. The molecule has 5 nitrogen and oxygen atoms in total. The largest absolute Gasteiger partial charge is 0.484 e. The van der Waals surface area contributed by atoms with E-state index in [9.17, 15) is 9.50 Å². The molecule has 0 unspecified atom stereocenters. The van der Waals surface area contributed by atoms with Gasteiger partial charge in [-0.15, -0.1) is 0 Å². The van der Waals surface area contributed by atoms with Crippen LogP contribution in [0, 0.1) is 5.82 Å². The van der Waals surface area contributed by atoms with E-state index in [4.69, 9.17) is 9.26 Å². The molecule has 0 aliphatic carbocycles. The zero-order valence-corrected chi connectivity index (χ0v) is 11.6. The van der Waals surface area contributed by atoms with Gasteiger partial charge in [0.05, 0.1) is 6.10 Å². The van der Waals surface area contributed by atoms with Crippen LogP contribution >= 0.6 is 0 Å². The van der Waals surface area contributed by atoms with Gasteiger partial charge in [-0.25, -0.2) is 4.39 Å². The Labute approximate surface area is 116 Å². The molecule has 20 heavy (non-hydrogen) atoms. The number of hydrogen-bond donors (Lipinski definition) is 1. The molecule has 6 heteroatoms. The van der Waals surface area contributed by atoms with Gasteiger partial charge in [-0.2, -0.15) is 4.98 Å². The second-order valence-corrected chi connectivity index (χ2v) is 4.85. The van der Waals surface area contributed by atoms with Crippen LogP contribution in [0.5, 0.6) is 5.75 Å². The van der Waals surface area contributed by atoms with E-state index in [2.05, 4.69) is 10.1 Å². The fraction of sp³-hybridized carbons (Fsp3) is 0.429. The second-order valence-electron chi connectivity index (χ2n) is 4.85. The van der Waals surface area contributed by atoms with Crippen molar-refractivity contribution in [3.63, 3.8) is 0 Å². The summed E-state index contributed by atoms with van der Waals surface area (Å²) in [4.78, 5) is 4.16. The third-order valence-electron chi connectivity index (χ3n) is 2.78. The standard InChI is InChI=1S/C14H17FN2O3/c1-8(2)14-16-13(20-17-14)7-19-10-4-5-11(9(3)18)12(15)6-10/h4-6,8-9,18H,7H2,1-3H3/t9-/m0/s1. The molecule has 1 N–H and O–H groups in total. The van der Waals surface area contributed by atoms with Crippen molar-refractivity contribution in [2.75, 3.05) is 0 Å². The molecule has 0 aliphatic heterocycles. The molecule has 0 saturated carbocycles. The summed E-state index contributed by atoms with van der Waals surface area (Å²) < 4.78 is 24.0. The number of hydrogen-bond acceptors (Lipinski definition) is 5. The highest BCUT2D eigenvalue weighted by Crippen LogP contribution is 2.22. The molecule has 2 rings (SSSR count). The van der Waals surface area contributed by atoms with Crippen molar-refractivity contribution in [1.29, 1.82) is 0 Å². The van der Waals surface area contributed by atoms with Gasteiger partial charge >= 0.3 is 0 Å². The zero-order valence-electron chi connectivity index (χ0n) is 11.6. The van der Waals surface area contributed by atoms with E-state index >= 15 is 0 Å². The summed E-state index contributed by atoms with van der Waals surface area (Å²) >= 11 is 0. The van der Waals surface area contributed by atoms with Gasteiger partial charge in [-0.1, -0.05) is 19.0 Å². The van der Waals surface area contributed by atoms with E-state index in [1.165, 1.54) is 19.1 Å². The number of aromatic nitrogens is 2. The minimum atomic E-state index is -0.853. The average Bonchev–Trinajstić information content (AvgIpc) is 2.85. The lowest BCUT2D eigenvalue weighted by Gasteiger charge is -2.08. The predicted octanol–water partition coefficient (Wildman–Crippen LogP) is 2.96. The zero-order chi connectivity index (χ0) is 14.7. The van der Waals surface area contributed by atoms with Gasteiger partial charge in [-0.3, -0.25) is 0 Å². The van der Waals surface area contributed by atoms with Gasteiger partial charge in [0.2, 0.25) is 0 Å². The van der Waals surface area contributed by atoms with Gasteiger partial charge < -0.3 is 14.4 Å². The molecular formula is C14H17FN2O3. The van der Waals surface area contributed by atoms with Crippen LogP contribution in [0.15, 0.2) is 22.7 Å². The molecule has 0 spiro atoms. The number of aliphatic hydroxyl groups excluding tert-OH is 1. The minimum Gasteiger partial charge on any atom is -0.484 e. The van der Waals surface area contributed by atoms with Crippen molar-refractivity contribution in [3.05, 3.63) is 41.3 Å². The summed E-state index contributed by atoms with van der Waals surface area (Å²) in [5, 5.41) is 13.2. The van der Waals surface area contributed by atoms with Crippen LogP contribution in [0.4, 0.5) is 4.39 Å². The molecule has 1 atom stereocenters. The Bertz CT molecular complexity index is 582. The normalized spacial score (nSPS) is 12.7. The first-order valence-corrected chi connectivity index (χ1v) is 6.40. The average molecular weight is 280 g/mol. The molecule has 1 aromatic carbocycles. The first-order chi connectivity index (χ1) is 9.47. The molecule has 2 aromatic rings. The first kappa shape index (κ1) is 14.5. The molecular weight excluding hydrogens is 263 g/mol. The monoisotopic (exact) mass is 280 g/mol.